The zero-order valence-electron chi connectivity index (χ0n) is 9.76. The fourth-order valence-corrected chi connectivity index (χ4v) is 2.26. The Hall–Kier alpha value is -1.34. The van der Waals surface area contributed by atoms with Gasteiger partial charge in [-0.15, -0.1) is 0 Å². The minimum atomic E-state index is 0.466. The van der Waals surface area contributed by atoms with Gasteiger partial charge in [-0.1, -0.05) is 6.92 Å². The summed E-state index contributed by atoms with van der Waals surface area (Å²) in [5.74, 6) is 0. The SMILES string of the molecule is CCN1CCC(n2cc(CC#N)cn2)CC1. The van der Waals surface area contributed by atoms with E-state index >= 15 is 0 Å². The topological polar surface area (TPSA) is 44.9 Å². The van der Waals surface area contributed by atoms with Gasteiger partial charge in [0, 0.05) is 24.8 Å². The lowest BCUT2D eigenvalue weighted by atomic mass is 10.1. The standard InChI is InChI=1S/C12H18N4/c1-2-15-7-4-12(5-8-15)16-10-11(3-6-13)9-14-16/h9-10,12H,2-5,7-8H2,1H3. The number of nitrogens with zero attached hydrogens (tertiary/aromatic N) is 4. The monoisotopic (exact) mass is 218 g/mol. The van der Waals surface area contributed by atoms with Gasteiger partial charge in [0.05, 0.1) is 24.7 Å². The van der Waals surface area contributed by atoms with Gasteiger partial charge in [-0.3, -0.25) is 4.68 Å². The van der Waals surface area contributed by atoms with E-state index in [0.29, 0.717) is 12.5 Å². The first-order valence-electron chi connectivity index (χ1n) is 5.95. The Morgan fingerprint density at radius 2 is 2.25 bits per heavy atom. The summed E-state index contributed by atoms with van der Waals surface area (Å²) in [6, 6.07) is 2.68. The Morgan fingerprint density at radius 3 is 2.88 bits per heavy atom. The van der Waals surface area contributed by atoms with Crippen molar-refractivity contribution in [2.75, 3.05) is 19.6 Å². The van der Waals surface area contributed by atoms with E-state index in [1.54, 1.807) is 0 Å². The second-order valence-electron chi connectivity index (χ2n) is 4.33. The van der Waals surface area contributed by atoms with E-state index in [1.807, 2.05) is 17.1 Å². The summed E-state index contributed by atoms with van der Waals surface area (Å²) in [6.07, 6.45) is 6.64. The number of nitriles is 1. The Kier molecular flexibility index (Phi) is 3.58. The van der Waals surface area contributed by atoms with Crippen LogP contribution in [0.2, 0.25) is 0 Å². The molecule has 0 atom stereocenters. The van der Waals surface area contributed by atoms with Crippen molar-refractivity contribution in [3.8, 4) is 6.07 Å². The van der Waals surface area contributed by atoms with E-state index in [1.165, 1.54) is 12.8 Å². The smallest absolute Gasteiger partial charge is 0.0670 e. The van der Waals surface area contributed by atoms with Gasteiger partial charge in [0.1, 0.15) is 0 Å². The van der Waals surface area contributed by atoms with Gasteiger partial charge >= 0.3 is 0 Å². The molecule has 0 spiro atoms. The molecule has 1 aliphatic rings. The van der Waals surface area contributed by atoms with Crippen LogP contribution in [-0.2, 0) is 6.42 Å². The molecule has 0 saturated carbocycles. The predicted molar refractivity (Wildman–Crippen MR) is 61.9 cm³/mol. The van der Waals surface area contributed by atoms with Crippen molar-refractivity contribution in [3.05, 3.63) is 18.0 Å². The zero-order valence-corrected chi connectivity index (χ0v) is 9.76. The Morgan fingerprint density at radius 1 is 1.50 bits per heavy atom. The number of piperidine rings is 1. The molecule has 1 aromatic heterocycles. The van der Waals surface area contributed by atoms with Crippen molar-refractivity contribution in [2.45, 2.75) is 32.2 Å². The summed E-state index contributed by atoms with van der Waals surface area (Å²) in [5, 5.41) is 13.0. The fourth-order valence-electron chi connectivity index (χ4n) is 2.26. The number of likely N-dealkylation sites (tertiary alicyclic amines) is 1. The minimum absolute atomic E-state index is 0.466. The van der Waals surface area contributed by atoms with Crippen molar-refractivity contribution in [2.24, 2.45) is 0 Å². The second-order valence-corrected chi connectivity index (χ2v) is 4.33. The summed E-state index contributed by atoms with van der Waals surface area (Å²) in [7, 11) is 0. The highest BCUT2D eigenvalue weighted by Gasteiger charge is 2.19. The van der Waals surface area contributed by atoms with Gasteiger partial charge in [0.2, 0.25) is 0 Å². The lowest BCUT2D eigenvalue weighted by Crippen LogP contribution is -2.34. The van der Waals surface area contributed by atoms with Gasteiger partial charge < -0.3 is 4.90 Å². The van der Waals surface area contributed by atoms with Crippen LogP contribution in [0, 0.1) is 11.3 Å². The zero-order chi connectivity index (χ0) is 11.4. The molecule has 0 amide bonds. The Bertz CT molecular complexity index is 369. The third-order valence-corrected chi connectivity index (χ3v) is 3.32. The first kappa shape index (κ1) is 11.2. The third-order valence-electron chi connectivity index (χ3n) is 3.32. The quantitative estimate of drug-likeness (QED) is 0.774. The molecule has 0 radical (unpaired) electrons. The molecule has 2 rings (SSSR count). The molecular weight excluding hydrogens is 200 g/mol. The molecular formula is C12H18N4. The van der Waals surface area contributed by atoms with E-state index in [-0.39, 0.29) is 0 Å². The minimum Gasteiger partial charge on any atom is -0.303 e. The third kappa shape index (κ3) is 2.42. The second kappa shape index (κ2) is 5.13. The van der Waals surface area contributed by atoms with E-state index in [2.05, 4.69) is 23.0 Å². The summed E-state index contributed by atoms with van der Waals surface area (Å²) in [4.78, 5) is 2.47. The van der Waals surface area contributed by atoms with Crippen LogP contribution in [0.1, 0.15) is 31.4 Å². The average Bonchev–Trinajstić information content (AvgIpc) is 2.78. The highest BCUT2D eigenvalue weighted by molar-refractivity contribution is 5.09. The number of aromatic nitrogens is 2. The summed E-state index contributed by atoms with van der Waals surface area (Å²) in [5.41, 5.74) is 1.03. The maximum atomic E-state index is 8.61. The largest absolute Gasteiger partial charge is 0.303 e. The molecule has 1 aromatic rings. The predicted octanol–water partition coefficient (Wildman–Crippen LogP) is 1.61. The highest BCUT2D eigenvalue weighted by Crippen LogP contribution is 2.21. The molecule has 4 nitrogen and oxygen atoms in total. The van der Waals surface area contributed by atoms with Crippen molar-refractivity contribution >= 4 is 0 Å². The normalized spacial score (nSPS) is 18.5. The highest BCUT2D eigenvalue weighted by atomic mass is 15.3. The number of rotatable bonds is 3. The Labute approximate surface area is 96.5 Å². The van der Waals surface area contributed by atoms with Gasteiger partial charge in [-0.25, -0.2) is 0 Å². The van der Waals surface area contributed by atoms with Crippen LogP contribution in [-0.4, -0.2) is 34.3 Å². The van der Waals surface area contributed by atoms with Crippen LogP contribution in [0.25, 0.3) is 0 Å². The summed E-state index contributed by atoms with van der Waals surface area (Å²) in [6.45, 7) is 5.67. The van der Waals surface area contributed by atoms with E-state index in [0.717, 1.165) is 25.2 Å². The Balaban J connectivity index is 1.95. The molecule has 0 bridgehead atoms. The number of hydrogen-bond donors (Lipinski definition) is 0. The molecule has 0 aromatic carbocycles. The van der Waals surface area contributed by atoms with E-state index in [4.69, 9.17) is 5.26 Å². The van der Waals surface area contributed by atoms with Gasteiger partial charge in [0.15, 0.2) is 0 Å². The van der Waals surface area contributed by atoms with E-state index < -0.39 is 0 Å². The van der Waals surface area contributed by atoms with Crippen LogP contribution in [0.3, 0.4) is 0 Å². The average molecular weight is 218 g/mol. The van der Waals surface area contributed by atoms with Gasteiger partial charge in [-0.05, 0) is 19.4 Å². The molecule has 86 valence electrons. The molecule has 0 aliphatic carbocycles. The van der Waals surface area contributed by atoms with Crippen LogP contribution in [0.4, 0.5) is 0 Å². The molecule has 1 aliphatic heterocycles. The molecule has 0 N–H and O–H groups in total. The molecule has 1 fully saturated rings. The van der Waals surface area contributed by atoms with Crippen LogP contribution in [0.15, 0.2) is 12.4 Å². The molecule has 2 heterocycles. The first-order valence-corrected chi connectivity index (χ1v) is 5.95. The lowest BCUT2D eigenvalue weighted by Gasteiger charge is -2.31. The van der Waals surface area contributed by atoms with E-state index in [9.17, 15) is 0 Å². The van der Waals surface area contributed by atoms with Crippen LogP contribution >= 0.6 is 0 Å². The van der Waals surface area contributed by atoms with Crippen molar-refractivity contribution in [3.63, 3.8) is 0 Å². The maximum absolute atomic E-state index is 8.61. The fraction of sp³-hybridized carbons (Fsp3) is 0.667. The summed E-state index contributed by atoms with van der Waals surface area (Å²) < 4.78 is 2.04. The van der Waals surface area contributed by atoms with Crippen molar-refractivity contribution in [1.29, 1.82) is 5.26 Å². The van der Waals surface area contributed by atoms with Crippen LogP contribution < -0.4 is 0 Å². The summed E-state index contributed by atoms with van der Waals surface area (Å²) >= 11 is 0. The molecule has 4 heteroatoms. The van der Waals surface area contributed by atoms with Crippen molar-refractivity contribution < 1.29 is 0 Å². The lowest BCUT2D eigenvalue weighted by molar-refractivity contribution is 0.187. The van der Waals surface area contributed by atoms with Crippen LogP contribution in [0.5, 0.6) is 0 Å². The molecule has 0 unspecified atom stereocenters. The molecule has 1 saturated heterocycles. The maximum Gasteiger partial charge on any atom is 0.0670 e. The first-order chi connectivity index (χ1) is 7.83. The van der Waals surface area contributed by atoms with Gasteiger partial charge in [-0.2, -0.15) is 10.4 Å². The number of hydrogen-bond acceptors (Lipinski definition) is 3. The van der Waals surface area contributed by atoms with Gasteiger partial charge in [0.25, 0.3) is 0 Å². The van der Waals surface area contributed by atoms with Crippen molar-refractivity contribution in [1.82, 2.24) is 14.7 Å². The molecule has 16 heavy (non-hydrogen) atoms.